The smallest absolute Gasteiger partial charge is 0.414 e. The summed E-state index contributed by atoms with van der Waals surface area (Å²) in [6.45, 7) is 8.54. The van der Waals surface area contributed by atoms with Crippen molar-refractivity contribution in [1.29, 1.82) is 0 Å². The van der Waals surface area contributed by atoms with Crippen LogP contribution in [0.5, 0.6) is 0 Å². The third-order valence-corrected chi connectivity index (χ3v) is 4.10. The molecule has 0 aliphatic rings. The van der Waals surface area contributed by atoms with Gasteiger partial charge in [0.05, 0.1) is 19.2 Å². The molecule has 7 nitrogen and oxygen atoms in total. The summed E-state index contributed by atoms with van der Waals surface area (Å²) in [6, 6.07) is 8.03. The normalized spacial score (nSPS) is 12.8. The van der Waals surface area contributed by atoms with Crippen LogP contribution >= 0.6 is 0 Å². The van der Waals surface area contributed by atoms with Crippen molar-refractivity contribution in [2.45, 2.75) is 40.2 Å². The first-order valence-corrected chi connectivity index (χ1v) is 9.07. The Bertz CT molecular complexity index is 601. The second kappa shape index (κ2) is 11.3. The predicted molar refractivity (Wildman–Crippen MR) is 98.8 cm³/mol. The molecule has 0 saturated heterocycles. The molecule has 26 heavy (non-hydrogen) atoms. The van der Waals surface area contributed by atoms with E-state index in [9.17, 15) is 14.4 Å². The average Bonchev–Trinajstić information content (AvgIpc) is 2.61. The summed E-state index contributed by atoms with van der Waals surface area (Å²) >= 11 is 0. The Labute approximate surface area is 155 Å². The molecule has 1 aromatic rings. The van der Waals surface area contributed by atoms with Crippen LogP contribution in [0.2, 0.25) is 0 Å². The first-order valence-electron chi connectivity index (χ1n) is 9.07. The zero-order chi connectivity index (χ0) is 19.5. The molecule has 3 amide bonds. The van der Waals surface area contributed by atoms with Crippen LogP contribution in [0.3, 0.4) is 0 Å². The molecule has 0 heterocycles. The molecule has 0 saturated carbocycles. The van der Waals surface area contributed by atoms with Gasteiger partial charge in [0, 0.05) is 0 Å². The molecular weight excluding hydrogens is 334 g/mol. The fourth-order valence-corrected chi connectivity index (χ4v) is 2.51. The van der Waals surface area contributed by atoms with Gasteiger partial charge >= 0.3 is 6.09 Å². The number of likely N-dealkylation sites (N-methyl/N-ethyl adjacent to an activating group) is 1. The second-order valence-corrected chi connectivity index (χ2v) is 6.11. The van der Waals surface area contributed by atoms with Crippen molar-refractivity contribution in [2.24, 2.45) is 0 Å². The predicted octanol–water partition coefficient (Wildman–Crippen LogP) is 0.604. The first kappa shape index (κ1) is 21.6. The summed E-state index contributed by atoms with van der Waals surface area (Å²) in [7, 11) is 0. The maximum Gasteiger partial charge on any atom is 0.414 e. The lowest BCUT2D eigenvalue weighted by atomic mass is 10.1. The van der Waals surface area contributed by atoms with Crippen molar-refractivity contribution in [3.05, 3.63) is 35.4 Å². The molecule has 0 aromatic heterocycles. The van der Waals surface area contributed by atoms with Gasteiger partial charge in [0.15, 0.2) is 13.1 Å². The monoisotopic (exact) mass is 364 g/mol. The molecule has 0 radical (unpaired) electrons. The molecule has 1 aromatic carbocycles. The standard InChI is InChI=1S/C19H29N3O4/c1-5-15-8-10-16(11-9-15)14(4)20-17(23)12-22(6-2)13-18(24)21-19(25)26-7-3/h8-11,14H,5-7,12-13H2,1-4H3,(H,20,23)(H,21,24,25)/p+1/t14-/m0/s1. The lowest BCUT2D eigenvalue weighted by molar-refractivity contribution is -0.881. The van der Waals surface area contributed by atoms with Crippen LogP contribution in [0.1, 0.15) is 44.9 Å². The number of hydrogen-bond acceptors (Lipinski definition) is 4. The summed E-state index contributed by atoms with van der Waals surface area (Å²) in [5, 5.41) is 5.09. The molecule has 0 aliphatic carbocycles. The zero-order valence-corrected chi connectivity index (χ0v) is 16.1. The quantitative estimate of drug-likeness (QED) is 0.599. The van der Waals surface area contributed by atoms with Crippen LogP contribution in [-0.2, 0) is 20.7 Å². The summed E-state index contributed by atoms with van der Waals surface area (Å²) in [6.07, 6.45) is 0.213. The lowest BCUT2D eigenvalue weighted by Crippen LogP contribution is -3.14. The van der Waals surface area contributed by atoms with Crippen molar-refractivity contribution in [3.8, 4) is 0 Å². The Hall–Kier alpha value is -2.41. The van der Waals surface area contributed by atoms with Gasteiger partial charge in [-0.2, -0.15) is 0 Å². The summed E-state index contributed by atoms with van der Waals surface area (Å²) in [4.78, 5) is 36.1. The number of hydrogen-bond donors (Lipinski definition) is 3. The molecule has 0 spiro atoms. The largest absolute Gasteiger partial charge is 0.450 e. The summed E-state index contributed by atoms with van der Waals surface area (Å²) in [5.41, 5.74) is 2.29. The first-order chi connectivity index (χ1) is 12.4. The Morgan fingerprint density at radius 1 is 1.04 bits per heavy atom. The number of imide groups is 1. The molecule has 144 valence electrons. The van der Waals surface area contributed by atoms with Gasteiger partial charge in [-0.05, 0) is 38.3 Å². The van der Waals surface area contributed by atoms with Crippen LogP contribution in [0, 0.1) is 0 Å². The number of rotatable bonds is 9. The fourth-order valence-electron chi connectivity index (χ4n) is 2.51. The third kappa shape index (κ3) is 7.65. The van der Waals surface area contributed by atoms with Gasteiger partial charge in [-0.15, -0.1) is 0 Å². The number of nitrogens with one attached hydrogen (secondary N) is 3. The minimum atomic E-state index is -0.762. The highest BCUT2D eigenvalue weighted by Gasteiger charge is 2.19. The maximum absolute atomic E-state index is 12.3. The molecule has 3 N–H and O–H groups in total. The second-order valence-electron chi connectivity index (χ2n) is 6.11. The number of quaternary nitrogens is 1. The van der Waals surface area contributed by atoms with Gasteiger partial charge in [-0.1, -0.05) is 31.2 Å². The van der Waals surface area contributed by atoms with Crippen LogP contribution < -0.4 is 15.5 Å². The van der Waals surface area contributed by atoms with E-state index in [2.05, 4.69) is 34.4 Å². The van der Waals surface area contributed by atoms with Crippen LogP contribution in [0.25, 0.3) is 0 Å². The SMILES string of the molecule is CCOC(=O)NC(=O)C[NH+](CC)CC(=O)N[C@@H](C)c1ccc(CC)cc1. The van der Waals surface area contributed by atoms with E-state index in [-0.39, 0.29) is 31.6 Å². The average molecular weight is 364 g/mol. The highest BCUT2D eigenvalue weighted by atomic mass is 16.5. The minimum Gasteiger partial charge on any atom is -0.450 e. The fraction of sp³-hybridized carbons (Fsp3) is 0.526. The molecule has 1 unspecified atom stereocenters. The molecule has 7 heteroatoms. The van der Waals surface area contributed by atoms with Gasteiger partial charge in [-0.3, -0.25) is 14.9 Å². The molecular formula is C19H30N3O4+. The van der Waals surface area contributed by atoms with Crippen LogP contribution in [0.15, 0.2) is 24.3 Å². The van der Waals surface area contributed by atoms with E-state index in [1.165, 1.54) is 5.56 Å². The van der Waals surface area contributed by atoms with E-state index in [1.54, 1.807) is 6.92 Å². The lowest BCUT2D eigenvalue weighted by Gasteiger charge is -2.19. The van der Waals surface area contributed by atoms with Gasteiger partial charge in [-0.25, -0.2) is 4.79 Å². The van der Waals surface area contributed by atoms with Gasteiger partial charge < -0.3 is 15.0 Å². The van der Waals surface area contributed by atoms with Gasteiger partial charge in [0.2, 0.25) is 0 Å². The zero-order valence-electron chi connectivity index (χ0n) is 16.1. The molecule has 2 atom stereocenters. The van der Waals surface area contributed by atoms with E-state index >= 15 is 0 Å². The van der Waals surface area contributed by atoms with E-state index in [0.29, 0.717) is 6.54 Å². The van der Waals surface area contributed by atoms with Gasteiger partial charge in [0.1, 0.15) is 0 Å². The summed E-state index contributed by atoms with van der Waals surface area (Å²) < 4.78 is 4.67. The Morgan fingerprint density at radius 3 is 2.19 bits per heavy atom. The number of alkyl carbamates (subject to hydrolysis) is 1. The Kier molecular flexibility index (Phi) is 9.36. The summed E-state index contributed by atoms with van der Waals surface area (Å²) in [5.74, 6) is -0.603. The number of benzene rings is 1. The van der Waals surface area contributed by atoms with Crippen molar-refractivity contribution >= 4 is 17.9 Å². The van der Waals surface area contributed by atoms with Crippen LogP contribution in [0.4, 0.5) is 4.79 Å². The van der Waals surface area contributed by atoms with E-state index in [4.69, 9.17) is 0 Å². The van der Waals surface area contributed by atoms with Crippen molar-refractivity contribution < 1.29 is 24.0 Å². The van der Waals surface area contributed by atoms with E-state index in [0.717, 1.165) is 16.9 Å². The number of ether oxygens (including phenoxy) is 1. The maximum atomic E-state index is 12.3. The van der Waals surface area contributed by atoms with E-state index in [1.807, 2.05) is 26.0 Å². The molecule has 0 aliphatic heterocycles. The van der Waals surface area contributed by atoms with Crippen molar-refractivity contribution in [1.82, 2.24) is 10.6 Å². The van der Waals surface area contributed by atoms with Crippen molar-refractivity contribution in [3.63, 3.8) is 0 Å². The number of amides is 3. The Balaban J connectivity index is 2.49. The van der Waals surface area contributed by atoms with E-state index < -0.39 is 12.0 Å². The molecule has 1 rings (SSSR count). The van der Waals surface area contributed by atoms with Crippen molar-refractivity contribution in [2.75, 3.05) is 26.2 Å². The topological polar surface area (TPSA) is 88.9 Å². The Morgan fingerprint density at radius 2 is 1.65 bits per heavy atom. The number of carbonyl (C=O) groups is 3. The minimum absolute atomic E-state index is 0.0301. The number of carbonyl (C=O) groups excluding carboxylic acids is 3. The highest BCUT2D eigenvalue weighted by molar-refractivity contribution is 5.92. The molecule has 0 bridgehead atoms. The van der Waals surface area contributed by atoms with Gasteiger partial charge in [0.25, 0.3) is 11.8 Å². The number of aryl methyl sites for hydroxylation is 1. The third-order valence-electron chi connectivity index (χ3n) is 4.10. The highest BCUT2D eigenvalue weighted by Crippen LogP contribution is 2.13. The molecule has 0 fully saturated rings. The van der Waals surface area contributed by atoms with Crippen LogP contribution in [-0.4, -0.2) is 44.1 Å².